The molecule has 4 heteroatoms. The van der Waals surface area contributed by atoms with Crippen molar-refractivity contribution in [2.45, 2.75) is 0 Å². The third-order valence-corrected chi connectivity index (χ3v) is 3.52. The lowest BCUT2D eigenvalue weighted by Crippen LogP contribution is -2.36. The van der Waals surface area contributed by atoms with E-state index < -0.39 is 0 Å². The van der Waals surface area contributed by atoms with E-state index in [0.29, 0.717) is 5.88 Å². The van der Waals surface area contributed by atoms with Crippen LogP contribution in [0.4, 0.5) is 5.69 Å². The van der Waals surface area contributed by atoms with Crippen molar-refractivity contribution < 1.29 is 9.47 Å². The van der Waals surface area contributed by atoms with Crippen LogP contribution in [-0.4, -0.2) is 38.4 Å². The van der Waals surface area contributed by atoms with Crippen LogP contribution in [0.5, 0.6) is 5.88 Å². The number of rotatable bonds is 3. The quantitative estimate of drug-likeness (QED) is 0.858. The van der Waals surface area contributed by atoms with Gasteiger partial charge in [-0.1, -0.05) is 12.1 Å². The Balaban J connectivity index is 1.77. The van der Waals surface area contributed by atoms with Gasteiger partial charge < -0.3 is 14.4 Å². The molecule has 20 heavy (non-hydrogen) atoms. The molecular weight excluding hydrogens is 252 g/mol. The molecule has 0 amide bonds. The van der Waals surface area contributed by atoms with Gasteiger partial charge in [-0.15, -0.1) is 0 Å². The van der Waals surface area contributed by atoms with Crippen LogP contribution in [0.15, 0.2) is 42.6 Å². The molecule has 4 nitrogen and oxygen atoms in total. The number of ether oxygens (including phenoxy) is 2. The van der Waals surface area contributed by atoms with Gasteiger partial charge in [-0.25, -0.2) is 4.98 Å². The van der Waals surface area contributed by atoms with Crippen molar-refractivity contribution in [3.63, 3.8) is 0 Å². The fraction of sp³-hybridized carbons (Fsp3) is 0.312. The van der Waals surface area contributed by atoms with E-state index in [1.807, 2.05) is 18.3 Å². The van der Waals surface area contributed by atoms with Crippen LogP contribution < -0.4 is 9.64 Å². The summed E-state index contributed by atoms with van der Waals surface area (Å²) in [6.45, 7) is 3.54. The molecule has 2 aromatic rings. The summed E-state index contributed by atoms with van der Waals surface area (Å²) in [7, 11) is 1.62. The van der Waals surface area contributed by atoms with Gasteiger partial charge in [-0.05, 0) is 23.8 Å². The average molecular weight is 270 g/mol. The Morgan fingerprint density at radius 1 is 1.00 bits per heavy atom. The number of pyridine rings is 1. The van der Waals surface area contributed by atoms with E-state index in [1.54, 1.807) is 7.11 Å². The smallest absolute Gasteiger partial charge is 0.212 e. The van der Waals surface area contributed by atoms with Crippen molar-refractivity contribution in [1.82, 2.24) is 4.98 Å². The van der Waals surface area contributed by atoms with Crippen molar-refractivity contribution in [2.24, 2.45) is 0 Å². The molecule has 2 heterocycles. The molecule has 0 radical (unpaired) electrons. The van der Waals surface area contributed by atoms with Crippen molar-refractivity contribution >= 4 is 5.69 Å². The Hall–Kier alpha value is -2.07. The van der Waals surface area contributed by atoms with Crippen LogP contribution in [-0.2, 0) is 4.74 Å². The molecule has 0 unspecified atom stereocenters. The van der Waals surface area contributed by atoms with Gasteiger partial charge in [0.05, 0.1) is 20.3 Å². The van der Waals surface area contributed by atoms with Crippen LogP contribution in [0.1, 0.15) is 0 Å². The van der Waals surface area contributed by atoms with Gasteiger partial charge >= 0.3 is 0 Å². The maximum Gasteiger partial charge on any atom is 0.212 e. The molecule has 0 bridgehead atoms. The molecule has 104 valence electrons. The first-order chi connectivity index (χ1) is 9.86. The predicted molar refractivity (Wildman–Crippen MR) is 79.3 cm³/mol. The summed E-state index contributed by atoms with van der Waals surface area (Å²) in [4.78, 5) is 6.58. The monoisotopic (exact) mass is 270 g/mol. The van der Waals surface area contributed by atoms with E-state index in [9.17, 15) is 0 Å². The van der Waals surface area contributed by atoms with Crippen LogP contribution in [0.25, 0.3) is 11.1 Å². The standard InChI is InChI=1S/C16H18N2O2/c1-19-16-7-4-14(12-17-16)13-2-5-15(6-3-13)18-8-10-20-11-9-18/h2-7,12H,8-11H2,1H3. The molecular formula is C16H18N2O2. The third-order valence-electron chi connectivity index (χ3n) is 3.52. The van der Waals surface area contributed by atoms with Gasteiger partial charge in [0.15, 0.2) is 0 Å². The summed E-state index contributed by atoms with van der Waals surface area (Å²) < 4.78 is 10.4. The van der Waals surface area contributed by atoms with Crippen LogP contribution in [0.3, 0.4) is 0 Å². The minimum atomic E-state index is 0.638. The molecule has 1 aliphatic rings. The van der Waals surface area contributed by atoms with Crippen LogP contribution in [0, 0.1) is 0 Å². The van der Waals surface area contributed by atoms with E-state index in [2.05, 4.69) is 34.1 Å². The summed E-state index contributed by atoms with van der Waals surface area (Å²) in [5, 5.41) is 0. The zero-order valence-corrected chi connectivity index (χ0v) is 11.6. The highest BCUT2D eigenvalue weighted by Crippen LogP contribution is 2.24. The molecule has 1 aromatic heterocycles. The largest absolute Gasteiger partial charge is 0.481 e. The highest BCUT2D eigenvalue weighted by molar-refractivity contribution is 5.65. The SMILES string of the molecule is COc1ccc(-c2ccc(N3CCOCC3)cc2)cn1. The third kappa shape index (κ3) is 2.75. The Kier molecular flexibility index (Phi) is 3.83. The van der Waals surface area contributed by atoms with E-state index in [-0.39, 0.29) is 0 Å². The van der Waals surface area contributed by atoms with Gasteiger partial charge in [0, 0.05) is 36.6 Å². The van der Waals surface area contributed by atoms with Crippen LogP contribution in [0.2, 0.25) is 0 Å². The minimum Gasteiger partial charge on any atom is -0.481 e. The van der Waals surface area contributed by atoms with Gasteiger partial charge in [-0.2, -0.15) is 0 Å². The Labute approximate surface area is 119 Å². The number of benzene rings is 1. The average Bonchev–Trinajstić information content (AvgIpc) is 2.56. The van der Waals surface area contributed by atoms with Crippen molar-refractivity contribution in [3.05, 3.63) is 42.6 Å². The predicted octanol–water partition coefficient (Wildman–Crippen LogP) is 2.59. The molecule has 1 fully saturated rings. The maximum absolute atomic E-state index is 5.37. The lowest BCUT2D eigenvalue weighted by molar-refractivity contribution is 0.122. The lowest BCUT2D eigenvalue weighted by atomic mass is 10.1. The highest BCUT2D eigenvalue weighted by atomic mass is 16.5. The van der Waals surface area contributed by atoms with E-state index in [1.165, 1.54) is 5.69 Å². The lowest BCUT2D eigenvalue weighted by Gasteiger charge is -2.28. The number of methoxy groups -OCH3 is 1. The number of morpholine rings is 1. The highest BCUT2D eigenvalue weighted by Gasteiger charge is 2.10. The number of hydrogen-bond acceptors (Lipinski definition) is 4. The zero-order chi connectivity index (χ0) is 13.8. The Morgan fingerprint density at radius 2 is 1.70 bits per heavy atom. The summed E-state index contributed by atoms with van der Waals surface area (Å²) in [6.07, 6.45) is 1.84. The number of nitrogens with zero attached hydrogens (tertiary/aromatic N) is 2. The summed E-state index contributed by atoms with van der Waals surface area (Å²) in [6, 6.07) is 12.5. The Morgan fingerprint density at radius 3 is 2.30 bits per heavy atom. The molecule has 3 rings (SSSR count). The zero-order valence-electron chi connectivity index (χ0n) is 11.6. The van der Waals surface area contributed by atoms with Gasteiger partial charge in [0.2, 0.25) is 5.88 Å². The van der Waals surface area contributed by atoms with Crippen molar-refractivity contribution in [2.75, 3.05) is 38.3 Å². The number of anilines is 1. The molecule has 0 saturated carbocycles. The molecule has 1 aliphatic heterocycles. The molecule has 0 N–H and O–H groups in total. The fourth-order valence-corrected chi connectivity index (χ4v) is 2.36. The summed E-state index contributed by atoms with van der Waals surface area (Å²) in [5.41, 5.74) is 3.51. The molecule has 1 saturated heterocycles. The van der Waals surface area contributed by atoms with Crippen molar-refractivity contribution in [1.29, 1.82) is 0 Å². The minimum absolute atomic E-state index is 0.638. The molecule has 0 atom stereocenters. The molecule has 0 aliphatic carbocycles. The first-order valence-electron chi connectivity index (χ1n) is 6.80. The van der Waals surface area contributed by atoms with E-state index in [0.717, 1.165) is 37.4 Å². The topological polar surface area (TPSA) is 34.6 Å². The van der Waals surface area contributed by atoms with E-state index in [4.69, 9.17) is 9.47 Å². The van der Waals surface area contributed by atoms with Gasteiger partial charge in [0.25, 0.3) is 0 Å². The van der Waals surface area contributed by atoms with E-state index >= 15 is 0 Å². The van der Waals surface area contributed by atoms with Gasteiger partial charge in [0.1, 0.15) is 0 Å². The number of hydrogen-bond donors (Lipinski definition) is 0. The number of aromatic nitrogens is 1. The van der Waals surface area contributed by atoms with Gasteiger partial charge in [-0.3, -0.25) is 0 Å². The summed E-state index contributed by atoms with van der Waals surface area (Å²) in [5.74, 6) is 0.638. The normalized spacial score (nSPS) is 15.2. The second kappa shape index (κ2) is 5.92. The first-order valence-corrected chi connectivity index (χ1v) is 6.80. The maximum atomic E-state index is 5.37. The Bertz CT molecular complexity index is 546. The van der Waals surface area contributed by atoms with Crippen molar-refractivity contribution in [3.8, 4) is 17.0 Å². The molecule has 1 aromatic carbocycles. The first kappa shape index (κ1) is 12.9. The second-order valence-corrected chi connectivity index (χ2v) is 4.74. The second-order valence-electron chi connectivity index (χ2n) is 4.74. The molecule has 0 spiro atoms. The van der Waals surface area contributed by atoms with Crippen LogP contribution >= 0.6 is 0 Å². The fourth-order valence-electron chi connectivity index (χ4n) is 2.36. The summed E-state index contributed by atoms with van der Waals surface area (Å²) >= 11 is 0.